The lowest BCUT2D eigenvalue weighted by Gasteiger charge is -2.41. The smallest absolute Gasteiger partial charge is 0.248 e. The van der Waals surface area contributed by atoms with E-state index in [0.29, 0.717) is 29.7 Å². The van der Waals surface area contributed by atoms with E-state index in [1.54, 1.807) is 17.0 Å². The van der Waals surface area contributed by atoms with E-state index in [1.807, 2.05) is 7.05 Å². The first-order chi connectivity index (χ1) is 10.5. The fraction of sp³-hybridized carbons (Fsp3) is 0.562. The first-order valence-electron chi connectivity index (χ1n) is 7.54. The molecule has 0 aliphatic carbocycles. The number of carbonyl (C=O) groups is 1. The number of benzene rings is 1. The second-order valence-electron chi connectivity index (χ2n) is 6.11. The van der Waals surface area contributed by atoms with Crippen molar-refractivity contribution in [3.63, 3.8) is 0 Å². The Morgan fingerprint density at radius 1 is 1.45 bits per heavy atom. The molecule has 2 heterocycles. The highest BCUT2D eigenvalue weighted by molar-refractivity contribution is 6.30. The molecule has 2 aliphatic heterocycles. The Hall–Kier alpha value is -1.17. The van der Waals surface area contributed by atoms with E-state index in [0.717, 1.165) is 19.5 Å². The van der Waals surface area contributed by atoms with E-state index in [-0.39, 0.29) is 24.4 Å². The van der Waals surface area contributed by atoms with Gasteiger partial charge in [0.25, 0.3) is 0 Å². The molecule has 1 aromatic rings. The third-order valence-corrected chi connectivity index (χ3v) is 4.90. The van der Waals surface area contributed by atoms with Crippen LogP contribution in [-0.2, 0) is 16.1 Å². The van der Waals surface area contributed by atoms with Gasteiger partial charge < -0.3 is 9.64 Å². The molecule has 1 aromatic carbocycles. The van der Waals surface area contributed by atoms with Crippen molar-refractivity contribution in [2.75, 3.05) is 33.4 Å². The molecule has 0 N–H and O–H groups in total. The minimum Gasteiger partial charge on any atom is -0.371 e. The summed E-state index contributed by atoms with van der Waals surface area (Å²) in [6, 6.07) is 4.93. The molecule has 120 valence electrons. The normalized spacial score (nSPS) is 26.7. The van der Waals surface area contributed by atoms with Gasteiger partial charge in [-0.2, -0.15) is 0 Å². The fourth-order valence-corrected chi connectivity index (χ4v) is 3.46. The second-order valence-corrected chi connectivity index (χ2v) is 6.54. The van der Waals surface area contributed by atoms with Gasteiger partial charge >= 0.3 is 0 Å². The molecule has 2 fully saturated rings. The van der Waals surface area contributed by atoms with Crippen molar-refractivity contribution in [2.24, 2.45) is 5.92 Å². The van der Waals surface area contributed by atoms with Crippen LogP contribution >= 0.6 is 11.6 Å². The summed E-state index contributed by atoms with van der Waals surface area (Å²) in [5, 5.41) is 0.409. The summed E-state index contributed by atoms with van der Waals surface area (Å²) >= 11 is 5.79. The minimum atomic E-state index is -0.275. The molecule has 2 saturated heterocycles. The van der Waals surface area contributed by atoms with E-state index < -0.39 is 0 Å². The maximum Gasteiger partial charge on any atom is 0.248 e. The minimum absolute atomic E-state index is 0.0204. The zero-order valence-corrected chi connectivity index (χ0v) is 13.4. The first kappa shape index (κ1) is 15.7. The number of nitrogens with zero attached hydrogens (tertiary/aromatic N) is 2. The second kappa shape index (κ2) is 6.52. The van der Waals surface area contributed by atoms with Crippen molar-refractivity contribution in [2.45, 2.75) is 19.0 Å². The van der Waals surface area contributed by atoms with Gasteiger partial charge in [-0.05, 0) is 25.1 Å². The van der Waals surface area contributed by atoms with Crippen molar-refractivity contribution in [3.05, 3.63) is 34.6 Å². The zero-order valence-electron chi connectivity index (χ0n) is 12.6. The molecule has 2 atom stereocenters. The molecule has 0 radical (unpaired) electrons. The first-order valence-corrected chi connectivity index (χ1v) is 7.92. The number of ether oxygens (including phenoxy) is 1. The highest BCUT2D eigenvalue weighted by atomic mass is 35.5. The number of amides is 1. The van der Waals surface area contributed by atoms with Gasteiger partial charge in [-0.25, -0.2) is 4.39 Å². The van der Waals surface area contributed by atoms with Gasteiger partial charge in [-0.3, -0.25) is 9.69 Å². The lowest BCUT2D eigenvalue weighted by molar-refractivity contribution is -0.134. The van der Waals surface area contributed by atoms with E-state index in [1.165, 1.54) is 6.07 Å². The molecule has 0 unspecified atom stereocenters. The Morgan fingerprint density at radius 3 is 3.05 bits per heavy atom. The fourth-order valence-electron chi connectivity index (χ4n) is 3.30. The number of hydrogen-bond donors (Lipinski definition) is 0. The van der Waals surface area contributed by atoms with Gasteiger partial charge in [0.15, 0.2) is 0 Å². The summed E-state index contributed by atoms with van der Waals surface area (Å²) in [5.74, 6) is 0.109. The van der Waals surface area contributed by atoms with Crippen LogP contribution in [0.3, 0.4) is 0 Å². The molecule has 0 spiro atoms. The monoisotopic (exact) mass is 326 g/mol. The van der Waals surface area contributed by atoms with E-state index in [2.05, 4.69) is 4.90 Å². The Labute approximate surface area is 134 Å². The molecule has 22 heavy (non-hydrogen) atoms. The van der Waals surface area contributed by atoms with E-state index >= 15 is 0 Å². The van der Waals surface area contributed by atoms with Gasteiger partial charge in [0.2, 0.25) is 5.91 Å². The molecule has 0 bridgehead atoms. The lowest BCUT2D eigenvalue weighted by atomic mass is 9.91. The molecule has 0 saturated carbocycles. The maximum absolute atomic E-state index is 13.9. The SMILES string of the molecule is CN1C(=O)COC[C@@H]2CCN(Cc3ccc(Cl)cc3F)C[C@@H]21. The number of hydrogen-bond acceptors (Lipinski definition) is 3. The van der Waals surface area contributed by atoms with Crippen molar-refractivity contribution in [1.82, 2.24) is 9.80 Å². The predicted octanol–water partition coefficient (Wildman–Crippen LogP) is 2.16. The van der Waals surface area contributed by atoms with Crippen LogP contribution in [0, 0.1) is 11.7 Å². The number of likely N-dealkylation sites (N-methyl/N-ethyl adjacent to an activating group) is 1. The molecule has 0 aromatic heterocycles. The van der Waals surface area contributed by atoms with Crippen molar-refractivity contribution < 1.29 is 13.9 Å². The summed E-state index contributed by atoms with van der Waals surface area (Å²) < 4.78 is 19.4. The summed E-state index contributed by atoms with van der Waals surface area (Å²) in [6.07, 6.45) is 0.956. The van der Waals surface area contributed by atoms with E-state index in [9.17, 15) is 9.18 Å². The number of halogens is 2. The number of fused-ring (bicyclic) bond motifs is 1. The molecule has 6 heteroatoms. The standard InChI is InChI=1S/C16H20ClFN2O2/c1-19-15-8-20(5-4-12(15)9-22-10-16(19)21)7-11-2-3-13(17)6-14(11)18/h2-3,6,12,15H,4-5,7-10H2,1H3/t12-,15-/m0/s1. The van der Waals surface area contributed by atoms with Crippen LogP contribution in [0.4, 0.5) is 4.39 Å². The van der Waals surface area contributed by atoms with Crippen LogP contribution in [-0.4, -0.2) is 55.1 Å². The summed E-state index contributed by atoms with van der Waals surface area (Å²) in [7, 11) is 1.83. The Bertz CT molecular complexity index is 569. The predicted molar refractivity (Wildman–Crippen MR) is 82.2 cm³/mol. The maximum atomic E-state index is 13.9. The van der Waals surface area contributed by atoms with Gasteiger partial charge in [0.05, 0.1) is 6.61 Å². The Morgan fingerprint density at radius 2 is 2.27 bits per heavy atom. The van der Waals surface area contributed by atoms with Crippen LogP contribution in [0.5, 0.6) is 0 Å². The number of rotatable bonds is 2. The number of likely N-dealkylation sites (tertiary alicyclic amines) is 1. The topological polar surface area (TPSA) is 32.8 Å². The highest BCUT2D eigenvalue weighted by Gasteiger charge is 2.36. The summed E-state index contributed by atoms with van der Waals surface area (Å²) in [5.41, 5.74) is 0.640. The molecular weight excluding hydrogens is 307 g/mol. The Balaban J connectivity index is 1.70. The number of carbonyl (C=O) groups excluding carboxylic acids is 1. The highest BCUT2D eigenvalue weighted by Crippen LogP contribution is 2.26. The molecular formula is C16H20ClFN2O2. The molecule has 4 nitrogen and oxygen atoms in total. The Kier molecular flexibility index (Phi) is 4.66. The summed E-state index contributed by atoms with van der Waals surface area (Å²) in [4.78, 5) is 15.9. The average Bonchev–Trinajstić information content (AvgIpc) is 2.63. The van der Waals surface area contributed by atoms with Crippen LogP contribution in [0.25, 0.3) is 0 Å². The summed E-state index contributed by atoms with van der Waals surface area (Å²) in [6.45, 7) is 2.96. The van der Waals surface area contributed by atoms with Gasteiger partial charge in [-0.15, -0.1) is 0 Å². The average molecular weight is 327 g/mol. The number of piperidine rings is 1. The lowest BCUT2D eigenvalue weighted by Crippen LogP contribution is -2.52. The van der Waals surface area contributed by atoms with Crippen molar-refractivity contribution in [1.29, 1.82) is 0 Å². The van der Waals surface area contributed by atoms with Gasteiger partial charge in [-0.1, -0.05) is 17.7 Å². The zero-order chi connectivity index (χ0) is 15.7. The van der Waals surface area contributed by atoms with Gasteiger partial charge in [0, 0.05) is 42.7 Å². The third kappa shape index (κ3) is 3.26. The van der Waals surface area contributed by atoms with E-state index in [4.69, 9.17) is 16.3 Å². The largest absolute Gasteiger partial charge is 0.371 e. The quantitative estimate of drug-likeness (QED) is 0.835. The van der Waals surface area contributed by atoms with Gasteiger partial charge in [0.1, 0.15) is 12.4 Å². The van der Waals surface area contributed by atoms with Crippen LogP contribution < -0.4 is 0 Å². The van der Waals surface area contributed by atoms with Crippen LogP contribution in [0.15, 0.2) is 18.2 Å². The third-order valence-electron chi connectivity index (χ3n) is 4.66. The van der Waals surface area contributed by atoms with Crippen molar-refractivity contribution >= 4 is 17.5 Å². The molecule has 1 amide bonds. The van der Waals surface area contributed by atoms with Crippen molar-refractivity contribution in [3.8, 4) is 0 Å². The van der Waals surface area contributed by atoms with Crippen LogP contribution in [0.2, 0.25) is 5.02 Å². The van der Waals surface area contributed by atoms with Crippen LogP contribution in [0.1, 0.15) is 12.0 Å². The molecule has 3 rings (SSSR count). The molecule has 2 aliphatic rings.